The Morgan fingerprint density at radius 3 is 2.64 bits per heavy atom. The van der Waals surface area contributed by atoms with E-state index in [1.54, 1.807) is 5.57 Å². The van der Waals surface area contributed by atoms with Gasteiger partial charge in [-0.3, -0.25) is 0 Å². The van der Waals surface area contributed by atoms with Gasteiger partial charge in [0.1, 0.15) is 0 Å². The summed E-state index contributed by atoms with van der Waals surface area (Å²) in [5, 5.41) is 0. The molecule has 0 heteroatoms. The van der Waals surface area contributed by atoms with Gasteiger partial charge in [-0.1, -0.05) is 70.9 Å². The van der Waals surface area contributed by atoms with Crippen LogP contribution in [0.3, 0.4) is 0 Å². The van der Waals surface area contributed by atoms with E-state index in [9.17, 15) is 0 Å². The molecule has 0 amide bonds. The third-order valence-corrected chi connectivity index (χ3v) is 8.28. The molecule has 0 saturated heterocycles. The fourth-order valence-electron chi connectivity index (χ4n) is 6.37. The maximum absolute atomic E-state index is 4.33. The van der Waals surface area contributed by atoms with Crippen molar-refractivity contribution in [1.29, 1.82) is 0 Å². The standard InChI is InChI=1S/C25H40/c1-7-24(4,5)23-15-14-22-20(9-8-16-25(22,23)6)12-13-21-17-18(2)10-11-19(21)3/h12-13,18,22-23H,3,7-11,14-17H2,1-2,4-6H3/b20-12+,21-13-/t18-,22?,23+,25-/m0/s1. The highest BCUT2D eigenvalue weighted by Gasteiger charge is 2.53. The monoisotopic (exact) mass is 340 g/mol. The second-order valence-electron chi connectivity index (χ2n) is 10.3. The van der Waals surface area contributed by atoms with Crippen LogP contribution in [-0.2, 0) is 0 Å². The average molecular weight is 341 g/mol. The van der Waals surface area contributed by atoms with Gasteiger partial charge in [0.05, 0.1) is 0 Å². The highest BCUT2D eigenvalue weighted by molar-refractivity contribution is 5.36. The van der Waals surface area contributed by atoms with Crippen molar-refractivity contribution in [1.82, 2.24) is 0 Å². The highest BCUT2D eigenvalue weighted by Crippen LogP contribution is 2.62. The van der Waals surface area contributed by atoms with Crippen LogP contribution in [0.25, 0.3) is 0 Å². The van der Waals surface area contributed by atoms with Crippen LogP contribution >= 0.6 is 0 Å². The predicted octanol–water partition coefficient (Wildman–Crippen LogP) is 7.87. The van der Waals surface area contributed by atoms with E-state index in [1.165, 1.54) is 68.9 Å². The highest BCUT2D eigenvalue weighted by atomic mass is 14.6. The van der Waals surface area contributed by atoms with Crippen LogP contribution in [-0.4, -0.2) is 0 Å². The van der Waals surface area contributed by atoms with Crippen LogP contribution in [0.4, 0.5) is 0 Å². The van der Waals surface area contributed by atoms with Crippen molar-refractivity contribution in [3.63, 3.8) is 0 Å². The molecule has 0 N–H and O–H groups in total. The lowest BCUT2D eigenvalue weighted by Gasteiger charge is -2.48. The van der Waals surface area contributed by atoms with Crippen LogP contribution in [0.2, 0.25) is 0 Å². The molecule has 0 aliphatic heterocycles. The molecule has 3 saturated carbocycles. The summed E-state index contributed by atoms with van der Waals surface area (Å²) in [6, 6.07) is 0. The van der Waals surface area contributed by atoms with Gasteiger partial charge >= 0.3 is 0 Å². The molecule has 0 aromatic rings. The molecule has 0 radical (unpaired) electrons. The number of hydrogen-bond acceptors (Lipinski definition) is 0. The Bertz CT molecular complexity index is 573. The summed E-state index contributed by atoms with van der Waals surface area (Å²) in [6.07, 6.45) is 17.0. The Balaban J connectivity index is 1.84. The summed E-state index contributed by atoms with van der Waals surface area (Å²) in [7, 11) is 0. The van der Waals surface area contributed by atoms with Gasteiger partial charge in [0.15, 0.2) is 0 Å². The smallest absolute Gasteiger partial charge is 0.0143 e. The molecule has 0 spiro atoms. The Labute approximate surface area is 156 Å². The van der Waals surface area contributed by atoms with Crippen molar-refractivity contribution >= 4 is 0 Å². The zero-order chi connectivity index (χ0) is 18.2. The molecule has 3 fully saturated rings. The van der Waals surface area contributed by atoms with Crippen LogP contribution in [0.15, 0.2) is 35.5 Å². The molecule has 0 bridgehead atoms. The zero-order valence-corrected chi connectivity index (χ0v) is 17.5. The summed E-state index contributed by atoms with van der Waals surface area (Å²) in [5.41, 5.74) is 5.68. The molecule has 1 unspecified atom stereocenters. The van der Waals surface area contributed by atoms with Crippen LogP contribution in [0.1, 0.15) is 92.4 Å². The molecule has 0 nitrogen and oxygen atoms in total. The summed E-state index contributed by atoms with van der Waals surface area (Å²) in [6.45, 7) is 16.8. The second-order valence-corrected chi connectivity index (χ2v) is 10.3. The van der Waals surface area contributed by atoms with Gasteiger partial charge in [-0.25, -0.2) is 0 Å². The van der Waals surface area contributed by atoms with Crippen molar-refractivity contribution in [2.75, 3.05) is 0 Å². The van der Waals surface area contributed by atoms with Gasteiger partial charge in [-0.05, 0) is 85.5 Å². The van der Waals surface area contributed by atoms with Crippen LogP contribution < -0.4 is 0 Å². The molecule has 0 aromatic carbocycles. The minimum atomic E-state index is 0.484. The number of hydrogen-bond donors (Lipinski definition) is 0. The third kappa shape index (κ3) is 3.56. The molecular formula is C25H40. The lowest BCUT2D eigenvalue weighted by Crippen LogP contribution is -2.39. The molecule has 0 heterocycles. The Morgan fingerprint density at radius 1 is 1.16 bits per heavy atom. The molecule has 0 aromatic heterocycles. The summed E-state index contributed by atoms with van der Waals surface area (Å²) in [5.74, 6) is 2.53. The van der Waals surface area contributed by atoms with Gasteiger partial charge in [-0.2, -0.15) is 0 Å². The van der Waals surface area contributed by atoms with Gasteiger partial charge in [-0.15, -0.1) is 0 Å². The van der Waals surface area contributed by atoms with Crippen LogP contribution in [0, 0.1) is 28.6 Å². The third-order valence-electron chi connectivity index (χ3n) is 8.28. The van der Waals surface area contributed by atoms with Gasteiger partial charge in [0.2, 0.25) is 0 Å². The van der Waals surface area contributed by atoms with Crippen molar-refractivity contribution < 1.29 is 0 Å². The lowest BCUT2D eigenvalue weighted by molar-refractivity contribution is 0.0435. The Kier molecular flexibility index (Phi) is 5.38. The average Bonchev–Trinajstić information content (AvgIpc) is 2.94. The topological polar surface area (TPSA) is 0 Å². The maximum Gasteiger partial charge on any atom is -0.0143 e. The maximum atomic E-state index is 4.33. The van der Waals surface area contributed by atoms with Crippen molar-refractivity contribution in [3.8, 4) is 0 Å². The Hall–Kier alpha value is -0.780. The minimum Gasteiger partial charge on any atom is -0.0956 e. The van der Waals surface area contributed by atoms with Gasteiger partial charge in [0.25, 0.3) is 0 Å². The van der Waals surface area contributed by atoms with E-state index in [0.29, 0.717) is 10.8 Å². The molecular weight excluding hydrogens is 300 g/mol. The molecule has 3 aliphatic rings. The second kappa shape index (κ2) is 7.09. The first-order valence-electron chi connectivity index (χ1n) is 10.9. The van der Waals surface area contributed by atoms with Gasteiger partial charge in [0, 0.05) is 0 Å². The fourth-order valence-corrected chi connectivity index (χ4v) is 6.37. The minimum absolute atomic E-state index is 0.484. The number of fused-ring (bicyclic) bond motifs is 1. The first-order chi connectivity index (χ1) is 11.8. The SMILES string of the molecule is C=C1CC[C@H](C)C/C1=C/C=C1\CCC[C@@]2(C)C1CC[C@@H]2C(C)(C)CC. The van der Waals surface area contributed by atoms with Gasteiger partial charge < -0.3 is 0 Å². The molecule has 140 valence electrons. The molecule has 3 aliphatic carbocycles. The van der Waals surface area contributed by atoms with Crippen molar-refractivity contribution in [2.45, 2.75) is 92.4 Å². The van der Waals surface area contributed by atoms with E-state index in [0.717, 1.165) is 17.8 Å². The van der Waals surface area contributed by atoms with E-state index in [2.05, 4.69) is 53.3 Å². The normalized spacial score (nSPS) is 39.9. The first-order valence-corrected chi connectivity index (χ1v) is 10.9. The van der Waals surface area contributed by atoms with E-state index in [-0.39, 0.29) is 0 Å². The zero-order valence-electron chi connectivity index (χ0n) is 17.5. The quantitative estimate of drug-likeness (QED) is 0.490. The summed E-state index contributed by atoms with van der Waals surface area (Å²) in [4.78, 5) is 0. The van der Waals surface area contributed by atoms with E-state index >= 15 is 0 Å². The number of rotatable bonds is 3. The molecule has 4 atom stereocenters. The van der Waals surface area contributed by atoms with Crippen LogP contribution in [0.5, 0.6) is 0 Å². The largest absolute Gasteiger partial charge is 0.0956 e. The first kappa shape index (κ1) is 19.0. The summed E-state index contributed by atoms with van der Waals surface area (Å²) < 4.78 is 0. The van der Waals surface area contributed by atoms with Crippen molar-refractivity contribution in [2.24, 2.45) is 28.6 Å². The fraction of sp³-hybridized carbons (Fsp3) is 0.760. The predicted molar refractivity (Wildman–Crippen MR) is 111 cm³/mol. The lowest BCUT2D eigenvalue weighted by atomic mass is 9.57. The van der Waals surface area contributed by atoms with E-state index in [4.69, 9.17) is 0 Å². The van der Waals surface area contributed by atoms with Crippen molar-refractivity contribution in [3.05, 3.63) is 35.5 Å². The molecule has 3 rings (SSSR count). The van der Waals surface area contributed by atoms with E-state index in [1.807, 2.05) is 0 Å². The van der Waals surface area contributed by atoms with E-state index < -0.39 is 0 Å². The summed E-state index contributed by atoms with van der Waals surface area (Å²) >= 11 is 0. The number of allylic oxidation sites excluding steroid dienone is 5. The Morgan fingerprint density at radius 2 is 1.92 bits per heavy atom. The molecule has 25 heavy (non-hydrogen) atoms.